The van der Waals surface area contributed by atoms with Gasteiger partial charge < -0.3 is 0 Å². The lowest BCUT2D eigenvalue weighted by Gasteiger charge is -2.10. The van der Waals surface area contributed by atoms with Crippen LogP contribution in [0.2, 0.25) is 5.02 Å². The van der Waals surface area contributed by atoms with E-state index in [1.165, 1.54) is 6.07 Å². The van der Waals surface area contributed by atoms with E-state index >= 15 is 0 Å². The molecule has 0 unspecified atom stereocenters. The molecule has 7 nitrogen and oxygen atoms in total. The summed E-state index contributed by atoms with van der Waals surface area (Å²) in [5.74, 6) is -0.816. The van der Waals surface area contributed by atoms with Crippen LogP contribution in [0, 0.1) is 5.82 Å². The lowest BCUT2D eigenvalue weighted by molar-refractivity contribution is 0.479. The Bertz CT molecular complexity index is 1140. The molecular weight excluding hydrogens is 419 g/mol. The Labute approximate surface area is 148 Å². The highest BCUT2D eigenvalue weighted by atomic mass is 35.5. The summed E-state index contributed by atoms with van der Waals surface area (Å²) in [4.78, 5) is -2.45. The highest BCUT2D eigenvalue weighted by molar-refractivity contribution is 8.08. The smallest absolute Gasteiger partial charge is 0.282 e. The van der Waals surface area contributed by atoms with Gasteiger partial charge in [0.2, 0.25) is 0 Å². The third kappa shape index (κ3) is 4.36. The van der Waals surface area contributed by atoms with Crippen molar-refractivity contribution in [2.75, 3.05) is 5.08 Å². The zero-order valence-corrected chi connectivity index (χ0v) is 15.3. The minimum atomic E-state index is -4.90. The van der Waals surface area contributed by atoms with Gasteiger partial charge in [0.1, 0.15) is 10.7 Å². The van der Waals surface area contributed by atoms with Crippen molar-refractivity contribution in [1.82, 2.24) is 0 Å². The normalized spacial score (nSPS) is 12.9. The van der Waals surface area contributed by atoms with E-state index in [-0.39, 0.29) is 0 Å². The molecule has 0 spiro atoms. The maximum Gasteiger partial charge on any atom is 0.295 e. The van der Waals surface area contributed by atoms with Crippen LogP contribution in [0.3, 0.4) is 0 Å². The summed E-state index contributed by atoms with van der Waals surface area (Å²) in [5.41, 5.74) is 0. The fourth-order valence-corrected chi connectivity index (χ4v) is 7.71. The first-order valence-electron chi connectivity index (χ1n) is 6.32. The SMILES string of the molecule is O=S(=O)(O)c1ccccc1S(=O)(=O)CS(=O)(=O)c1ccc(F)cc1Cl. The third-order valence-electron chi connectivity index (χ3n) is 3.00. The molecule has 0 heterocycles. The van der Waals surface area contributed by atoms with Gasteiger partial charge in [-0.2, -0.15) is 8.42 Å². The van der Waals surface area contributed by atoms with Gasteiger partial charge in [-0.25, -0.2) is 21.2 Å². The van der Waals surface area contributed by atoms with Gasteiger partial charge in [0.25, 0.3) is 10.1 Å². The second kappa shape index (κ2) is 6.65. The van der Waals surface area contributed by atoms with Crippen molar-refractivity contribution in [1.29, 1.82) is 0 Å². The molecule has 2 aromatic rings. The molecule has 2 rings (SSSR count). The maximum atomic E-state index is 13.0. The Kier molecular flexibility index (Phi) is 5.26. The van der Waals surface area contributed by atoms with Gasteiger partial charge in [0.05, 0.1) is 14.8 Å². The largest absolute Gasteiger partial charge is 0.295 e. The van der Waals surface area contributed by atoms with Crippen LogP contribution in [0.25, 0.3) is 0 Å². The van der Waals surface area contributed by atoms with E-state index in [1.807, 2.05) is 0 Å². The topological polar surface area (TPSA) is 123 Å². The number of hydrogen-bond acceptors (Lipinski definition) is 6. The molecule has 0 aliphatic carbocycles. The van der Waals surface area contributed by atoms with Crippen LogP contribution in [-0.4, -0.2) is 34.9 Å². The predicted molar refractivity (Wildman–Crippen MR) is 86.9 cm³/mol. The van der Waals surface area contributed by atoms with Gasteiger partial charge in [-0.15, -0.1) is 0 Å². The van der Waals surface area contributed by atoms with Crippen molar-refractivity contribution < 1.29 is 34.2 Å². The molecule has 12 heteroatoms. The second-order valence-corrected chi connectivity index (χ2v) is 10.9. The number of benzene rings is 2. The van der Waals surface area contributed by atoms with Gasteiger partial charge in [0.15, 0.2) is 24.8 Å². The summed E-state index contributed by atoms with van der Waals surface area (Å²) >= 11 is 5.64. The number of hydrogen-bond donors (Lipinski definition) is 1. The molecule has 1 N–H and O–H groups in total. The lowest BCUT2D eigenvalue weighted by Crippen LogP contribution is -2.19. The van der Waals surface area contributed by atoms with Crippen LogP contribution in [0.1, 0.15) is 0 Å². The van der Waals surface area contributed by atoms with Crippen LogP contribution in [0.4, 0.5) is 4.39 Å². The van der Waals surface area contributed by atoms with Crippen LogP contribution in [0.5, 0.6) is 0 Å². The minimum absolute atomic E-state index is 0.515. The molecule has 0 saturated carbocycles. The van der Waals surface area contributed by atoms with Gasteiger partial charge in [0, 0.05) is 0 Å². The van der Waals surface area contributed by atoms with E-state index in [1.54, 1.807) is 0 Å². The molecule has 0 fully saturated rings. The Balaban J connectivity index is 2.57. The Morgan fingerprint density at radius 2 is 1.36 bits per heavy atom. The molecule has 0 aromatic heterocycles. The quantitative estimate of drug-likeness (QED) is 0.570. The molecular formula is C13H10ClFO7S3. The zero-order chi connectivity index (χ0) is 19.0. The van der Waals surface area contributed by atoms with Crippen molar-refractivity contribution in [3.05, 3.63) is 53.3 Å². The van der Waals surface area contributed by atoms with Crippen LogP contribution in [0.15, 0.2) is 57.2 Å². The van der Waals surface area contributed by atoms with Crippen LogP contribution < -0.4 is 0 Å². The Morgan fingerprint density at radius 3 is 1.88 bits per heavy atom. The Morgan fingerprint density at radius 1 is 0.840 bits per heavy atom. The number of rotatable bonds is 5. The molecule has 0 radical (unpaired) electrons. The van der Waals surface area contributed by atoms with Crippen molar-refractivity contribution in [2.45, 2.75) is 14.7 Å². The van der Waals surface area contributed by atoms with Crippen LogP contribution in [-0.2, 0) is 29.8 Å². The average molecular weight is 429 g/mol. The molecule has 25 heavy (non-hydrogen) atoms. The fourth-order valence-electron chi connectivity index (χ4n) is 1.98. The van der Waals surface area contributed by atoms with Gasteiger partial charge in [-0.05, 0) is 30.3 Å². The Hall–Kier alpha value is -1.53. The molecule has 0 atom stereocenters. The third-order valence-corrected chi connectivity index (χ3v) is 9.00. The van der Waals surface area contributed by atoms with E-state index in [0.717, 1.165) is 30.3 Å². The van der Waals surface area contributed by atoms with E-state index in [0.29, 0.717) is 6.07 Å². The summed E-state index contributed by atoms with van der Waals surface area (Å²) in [6.45, 7) is 0. The fraction of sp³-hybridized carbons (Fsp3) is 0.0769. The summed E-state index contributed by atoms with van der Waals surface area (Å²) in [5, 5.41) is -2.03. The highest BCUT2D eigenvalue weighted by Gasteiger charge is 2.31. The molecule has 0 aliphatic rings. The summed E-state index contributed by atoms with van der Waals surface area (Å²) in [6.07, 6.45) is 0. The van der Waals surface area contributed by atoms with Crippen molar-refractivity contribution in [3.8, 4) is 0 Å². The van der Waals surface area contributed by atoms with Crippen LogP contribution >= 0.6 is 11.6 Å². The first-order valence-corrected chi connectivity index (χ1v) is 11.4. The molecule has 0 saturated heterocycles. The molecule has 0 amide bonds. The number of halogens is 2. The monoisotopic (exact) mass is 428 g/mol. The van der Waals surface area contributed by atoms with Crippen molar-refractivity contribution >= 4 is 41.4 Å². The van der Waals surface area contributed by atoms with Crippen molar-refractivity contribution in [3.63, 3.8) is 0 Å². The zero-order valence-electron chi connectivity index (χ0n) is 12.1. The first kappa shape index (κ1) is 19.8. The minimum Gasteiger partial charge on any atom is -0.282 e. The maximum absolute atomic E-state index is 13.0. The standard InChI is InChI=1S/C13H10ClFO7S3/c14-10-7-9(15)5-6-11(10)23(16,17)8-24(18,19)12-3-1-2-4-13(12)25(20,21)22/h1-7H,8H2,(H,20,21,22). The lowest BCUT2D eigenvalue weighted by atomic mass is 10.3. The second-order valence-electron chi connectivity index (χ2n) is 4.84. The predicted octanol–water partition coefficient (Wildman–Crippen LogP) is 1.93. The van der Waals surface area contributed by atoms with Gasteiger partial charge in [-0.3, -0.25) is 4.55 Å². The van der Waals surface area contributed by atoms with E-state index in [9.17, 15) is 29.6 Å². The molecule has 136 valence electrons. The van der Waals surface area contributed by atoms with Crippen molar-refractivity contribution in [2.24, 2.45) is 0 Å². The van der Waals surface area contributed by atoms with Gasteiger partial charge in [-0.1, -0.05) is 23.7 Å². The summed E-state index contributed by atoms with van der Waals surface area (Å²) in [6, 6.07) is 6.29. The summed E-state index contributed by atoms with van der Waals surface area (Å²) < 4.78 is 94.2. The van der Waals surface area contributed by atoms with E-state index in [4.69, 9.17) is 16.2 Å². The van der Waals surface area contributed by atoms with E-state index in [2.05, 4.69) is 0 Å². The average Bonchev–Trinajstić information content (AvgIpc) is 2.44. The molecule has 0 aliphatic heterocycles. The molecule has 2 aromatic carbocycles. The number of sulfone groups is 2. The first-order chi connectivity index (χ1) is 11.3. The van der Waals surface area contributed by atoms with E-state index < -0.39 is 60.4 Å². The highest BCUT2D eigenvalue weighted by Crippen LogP contribution is 2.28. The molecule has 0 bridgehead atoms. The summed E-state index contributed by atoms with van der Waals surface area (Å²) in [7, 11) is -14.1. The van der Waals surface area contributed by atoms with Gasteiger partial charge >= 0.3 is 0 Å².